The number of hydrogen-bond acceptors (Lipinski definition) is 8. The molecule has 1 unspecified atom stereocenters. The maximum atomic E-state index is 12.8. The first-order valence-corrected chi connectivity index (χ1v) is 8.54. The molecule has 0 saturated carbocycles. The Balaban J connectivity index is 2.77. The second kappa shape index (κ2) is 8.22. The van der Waals surface area contributed by atoms with Crippen LogP contribution in [0, 0.1) is 10.1 Å². The van der Waals surface area contributed by atoms with Crippen molar-refractivity contribution in [3.05, 3.63) is 62.5 Å². The summed E-state index contributed by atoms with van der Waals surface area (Å²) in [5.41, 5.74) is 0.445. The molecule has 0 aromatic heterocycles. The van der Waals surface area contributed by atoms with Gasteiger partial charge in [-0.15, -0.1) is 0 Å². The van der Waals surface area contributed by atoms with Crippen LogP contribution in [0.15, 0.2) is 46.8 Å². The van der Waals surface area contributed by atoms with Crippen molar-refractivity contribution in [3.8, 4) is 0 Å². The molecule has 1 aromatic carbocycles. The van der Waals surface area contributed by atoms with Gasteiger partial charge in [0.2, 0.25) is 0 Å². The summed E-state index contributed by atoms with van der Waals surface area (Å²) in [5, 5.41) is 22.3. The highest BCUT2D eigenvalue weighted by Gasteiger charge is 2.41. The topological polar surface area (TPSA) is 119 Å². The molecule has 0 aliphatic carbocycles. The zero-order valence-electron chi connectivity index (χ0n) is 16.3. The lowest BCUT2D eigenvalue weighted by molar-refractivity contribution is -0.384. The fourth-order valence-electron chi connectivity index (χ4n) is 3.11. The maximum absolute atomic E-state index is 12.8. The van der Waals surface area contributed by atoms with Crippen LogP contribution in [0.1, 0.15) is 39.2 Å². The van der Waals surface area contributed by atoms with Crippen LogP contribution in [-0.4, -0.2) is 40.3 Å². The first-order chi connectivity index (χ1) is 13.1. The molecule has 2 rings (SSSR count). The minimum absolute atomic E-state index is 0.00250. The number of benzene rings is 1. The molecule has 28 heavy (non-hydrogen) atoms. The number of carbonyl (C=O) groups excluding carboxylic acids is 2. The number of hydrogen-bond donors (Lipinski definition) is 1. The molecule has 1 aromatic rings. The summed E-state index contributed by atoms with van der Waals surface area (Å²) < 4.78 is 10.1. The number of non-ortho nitro benzene ring substituents is 1. The summed E-state index contributed by atoms with van der Waals surface area (Å²) in [6.45, 7) is 6.32. The van der Waals surface area contributed by atoms with E-state index in [0.717, 1.165) is 5.06 Å². The molecule has 0 bridgehead atoms. The minimum Gasteiger partial charge on any atom is -0.466 e. The third-order valence-corrected chi connectivity index (χ3v) is 4.37. The van der Waals surface area contributed by atoms with Crippen molar-refractivity contribution in [1.29, 1.82) is 0 Å². The van der Waals surface area contributed by atoms with Gasteiger partial charge in [0.25, 0.3) is 5.69 Å². The van der Waals surface area contributed by atoms with Crippen LogP contribution < -0.4 is 0 Å². The Bertz CT molecular complexity index is 886. The monoisotopic (exact) mass is 390 g/mol. The fraction of sp³-hybridized carbons (Fsp3) is 0.368. The zero-order valence-corrected chi connectivity index (χ0v) is 16.3. The van der Waals surface area contributed by atoms with Crippen molar-refractivity contribution in [2.45, 2.75) is 39.7 Å². The summed E-state index contributed by atoms with van der Waals surface area (Å²) in [6, 6.07) is 5.62. The van der Waals surface area contributed by atoms with E-state index in [1.807, 2.05) is 0 Å². The Morgan fingerprint density at radius 2 is 1.75 bits per heavy atom. The van der Waals surface area contributed by atoms with Gasteiger partial charge in [0.15, 0.2) is 0 Å². The van der Waals surface area contributed by atoms with Crippen LogP contribution in [0.25, 0.3) is 0 Å². The Kier molecular flexibility index (Phi) is 6.19. The Hall–Kier alpha value is -3.20. The molecule has 9 heteroatoms. The van der Waals surface area contributed by atoms with E-state index in [0.29, 0.717) is 5.56 Å². The maximum Gasteiger partial charge on any atom is 0.337 e. The average molecular weight is 390 g/mol. The molecular weight excluding hydrogens is 368 g/mol. The van der Waals surface area contributed by atoms with Crippen molar-refractivity contribution < 1.29 is 29.2 Å². The summed E-state index contributed by atoms with van der Waals surface area (Å²) in [7, 11) is 1.17. The second-order valence-corrected chi connectivity index (χ2v) is 6.54. The van der Waals surface area contributed by atoms with Crippen LogP contribution in [0.4, 0.5) is 5.69 Å². The standard InChI is InChI=1S/C19H22N2O7/c1-10(2)28-19(23)16-12(4)20(24)11(3)15(18(22)27-5)17(16)13-7-6-8-14(9-13)21(25)26/h6-10,17,24H,1-5H3. The van der Waals surface area contributed by atoms with Gasteiger partial charge in [-0.05, 0) is 33.3 Å². The van der Waals surface area contributed by atoms with Gasteiger partial charge in [0.05, 0.1) is 46.6 Å². The van der Waals surface area contributed by atoms with Gasteiger partial charge in [-0.3, -0.25) is 15.3 Å². The molecule has 1 aliphatic rings. The van der Waals surface area contributed by atoms with Crippen molar-refractivity contribution >= 4 is 17.6 Å². The molecule has 0 amide bonds. The Morgan fingerprint density at radius 1 is 1.18 bits per heavy atom. The largest absolute Gasteiger partial charge is 0.466 e. The van der Waals surface area contributed by atoms with E-state index in [-0.39, 0.29) is 28.2 Å². The predicted molar refractivity (Wildman–Crippen MR) is 98.1 cm³/mol. The first-order valence-electron chi connectivity index (χ1n) is 8.54. The van der Waals surface area contributed by atoms with Crippen LogP contribution in [0.3, 0.4) is 0 Å². The molecular formula is C19H22N2O7. The van der Waals surface area contributed by atoms with Gasteiger partial charge < -0.3 is 9.47 Å². The molecule has 9 nitrogen and oxygen atoms in total. The highest BCUT2D eigenvalue weighted by molar-refractivity contribution is 5.99. The molecule has 0 spiro atoms. The van der Waals surface area contributed by atoms with Gasteiger partial charge in [-0.1, -0.05) is 12.1 Å². The Morgan fingerprint density at radius 3 is 2.25 bits per heavy atom. The molecule has 1 atom stereocenters. The molecule has 0 fully saturated rings. The smallest absolute Gasteiger partial charge is 0.337 e. The van der Waals surface area contributed by atoms with Crippen LogP contribution in [-0.2, 0) is 19.1 Å². The third kappa shape index (κ3) is 3.89. The van der Waals surface area contributed by atoms with Gasteiger partial charge in [-0.2, -0.15) is 0 Å². The van der Waals surface area contributed by atoms with E-state index < -0.39 is 28.9 Å². The van der Waals surface area contributed by atoms with E-state index in [4.69, 9.17) is 9.47 Å². The van der Waals surface area contributed by atoms with E-state index in [2.05, 4.69) is 0 Å². The van der Waals surface area contributed by atoms with Crippen LogP contribution in [0.5, 0.6) is 0 Å². The normalized spacial score (nSPS) is 17.1. The average Bonchev–Trinajstić information content (AvgIpc) is 2.64. The van der Waals surface area contributed by atoms with Crippen LogP contribution >= 0.6 is 0 Å². The van der Waals surface area contributed by atoms with E-state index in [1.54, 1.807) is 19.9 Å². The number of nitrogens with zero attached hydrogens (tertiary/aromatic N) is 2. The number of ether oxygens (including phenoxy) is 2. The van der Waals surface area contributed by atoms with Gasteiger partial charge in [-0.25, -0.2) is 14.7 Å². The van der Waals surface area contributed by atoms with E-state index in [9.17, 15) is 24.9 Å². The van der Waals surface area contributed by atoms with E-state index >= 15 is 0 Å². The van der Waals surface area contributed by atoms with Gasteiger partial charge in [0.1, 0.15) is 0 Å². The molecule has 1 aliphatic heterocycles. The molecule has 150 valence electrons. The zero-order chi connectivity index (χ0) is 21.2. The molecule has 1 N–H and O–H groups in total. The van der Waals surface area contributed by atoms with Gasteiger partial charge >= 0.3 is 11.9 Å². The number of rotatable bonds is 5. The number of hydroxylamine groups is 2. The quantitative estimate of drug-likeness (QED) is 0.463. The molecule has 0 radical (unpaired) electrons. The van der Waals surface area contributed by atoms with Crippen molar-refractivity contribution in [3.63, 3.8) is 0 Å². The highest BCUT2D eigenvalue weighted by Crippen LogP contribution is 2.42. The molecule has 0 saturated heterocycles. The summed E-state index contributed by atoms with van der Waals surface area (Å²) >= 11 is 0. The van der Waals surface area contributed by atoms with Gasteiger partial charge in [0, 0.05) is 12.1 Å². The SMILES string of the molecule is COC(=O)C1=C(C)N(O)C(C)=C(C(=O)OC(C)C)C1c1cccc([N+](=O)[O-])c1. The summed E-state index contributed by atoms with van der Waals surface area (Å²) in [5.74, 6) is -2.51. The lowest BCUT2D eigenvalue weighted by Gasteiger charge is -2.34. The second-order valence-electron chi connectivity index (χ2n) is 6.54. The number of carbonyl (C=O) groups is 2. The highest BCUT2D eigenvalue weighted by atomic mass is 16.6. The summed E-state index contributed by atoms with van der Waals surface area (Å²) in [6.07, 6.45) is -0.445. The molecule has 1 heterocycles. The minimum atomic E-state index is -0.998. The lowest BCUT2D eigenvalue weighted by Crippen LogP contribution is -2.34. The van der Waals surface area contributed by atoms with Crippen molar-refractivity contribution in [2.75, 3.05) is 7.11 Å². The first kappa shape index (κ1) is 21.1. The van der Waals surface area contributed by atoms with Crippen molar-refractivity contribution in [2.24, 2.45) is 0 Å². The van der Waals surface area contributed by atoms with Crippen LogP contribution in [0.2, 0.25) is 0 Å². The van der Waals surface area contributed by atoms with E-state index in [1.165, 1.54) is 39.2 Å². The third-order valence-electron chi connectivity index (χ3n) is 4.37. The van der Waals surface area contributed by atoms with Crippen molar-refractivity contribution in [1.82, 2.24) is 5.06 Å². The number of nitro groups is 1. The lowest BCUT2D eigenvalue weighted by atomic mass is 9.80. The summed E-state index contributed by atoms with van der Waals surface area (Å²) in [4.78, 5) is 35.9. The number of nitro benzene ring substituents is 1. The predicted octanol–water partition coefficient (Wildman–Crippen LogP) is 3.06. The fourth-order valence-corrected chi connectivity index (χ4v) is 3.11. The Labute approximate surface area is 162 Å². The number of allylic oxidation sites excluding steroid dienone is 2. The number of methoxy groups -OCH3 is 1. The number of esters is 2.